The van der Waals surface area contributed by atoms with E-state index in [2.05, 4.69) is 4.98 Å². The molecule has 78 valence electrons. The van der Waals surface area contributed by atoms with Crippen LogP contribution in [0.4, 0.5) is 4.39 Å². The Morgan fingerprint density at radius 3 is 2.81 bits per heavy atom. The van der Waals surface area contributed by atoms with Crippen molar-refractivity contribution in [3.63, 3.8) is 0 Å². The lowest BCUT2D eigenvalue weighted by Crippen LogP contribution is -1.87. The van der Waals surface area contributed by atoms with E-state index >= 15 is 0 Å². The van der Waals surface area contributed by atoms with Gasteiger partial charge in [-0.15, -0.1) is 0 Å². The van der Waals surface area contributed by atoms with Crippen LogP contribution in [0.3, 0.4) is 0 Å². The van der Waals surface area contributed by atoms with Crippen LogP contribution in [-0.4, -0.2) is 4.98 Å². The van der Waals surface area contributed by atoms with Crippen LogP contribution in [0.25, 0.3) is 11.1 Å². The zero-order valence-corrected chi connectivity index (χ0v) is 8.87. The molecule has 0 radical (unpaired) electrons. The molecule has 4 heteroatoms. The Morgan fingerprint density at radius 2 is 2.12 bits per heavy atom. The normalized spacial score (nSPS) is 9.81. The Morgan fingerprint density at radius 1 is 1.31 bits per heavy atom. The van der Waals surface area contributed by atoms with Crippen LogP contribution >= 0.6 is 11.6 Å². The third kappa shape index (κ3) is 1.88. The lowest BCUT2D eigenvalue weighted by Gasteiger charge is -2.03. The minimum absolute atomic E-state index is 0.00239. The number of hydrogen-bond acceptors (Lipinski definition) is 2. The van der Waals surface area contributed by atoms with Gasteiger partial charge >= 0.3 is 0 Å². The van der Waals surface area contributed by atoms with Crippen molar-refractivity contribution in [2.45, 2.75) is 0 Å². The summed E-state index contributed by atoms with van der Waals surface area (Å²) in [4.78, 5) is 3.92. The maximum Gasteiger partial charge on any atom is 0.140 e. The van der Waals surface area contributed by atoms with E-state index in [1.54, 1.807) is 30.5 Å². The van der Waals surface area contributed by atoms with Gasteiger partial charge in [-0.05, 0) is 29.8 Å². The van der Waals surface area contributed by atoms with E-state index in [1.807, 2.05) is 0 Å². The van der Waals surface area contributed by atoms with Gasteiger partial charge in [0.1, 0.15) is 17.0 Å². The van der Waals surface area contributed by atoms with Crippen LogP contribution in [0.1, 0.15) is 5.56 Å². The van der Waals surface area contributed by atoms with Crippen LogP contribution in [0.5, 0.6) is 0 Å². The van der Waals surface area contributed by atoms with Crippen molar-refractivity contribution in [3.8, 4) is 17.2 Å². The molecule has 0 unspecified atom stereocenters. The molecular weight excluding hydrogens is 227 g/mol. The fraction of sp³-hybridized carbons (Fsp3) is 0. The summed E-state index contributed by atoms with van der Waals surface area (Å²) in [6, 6.07) is 9.56. The molecule has 2 rings (SSSR count). The van der Waals surface area contributed by atoms with Crippen molar-refractivity contribution in [2.24, 2.45) is 0 Å². The smallest absolute Gasteiger partial charge is 0.140 e. The maximum absolute atomic E-state index is 13.1. The number of hydrogen-bond donors (Lipinski definition) is 0. The summed E-state index contributed by atoms with van der Waals surface area (Å²) in [7, 11) is 0. The molecule has 2 nitrogen and oxygen atoms in total. The summed E-state index contributed by atoms with van der Waals surface area (Å²) < 4.78 is 13.1. The molecule has 0 saturated heterocycles. The summed E-state index contributed by atoms with van der Waals surface area (Å²) >= 11 is 5.91. The number of benzene rings is 1. The minimum atomic E-state index is -0.536. The van der Waals surface area contributed by atoms with E-state index < -0.39 is 5.82 Å². The first kappa shape index (κ1) is 10.6. The summed E-state index contributed by atoms with van der Waals surface area (Å²) in [5, 5.41) is 9.05. The third-order valence-corrected chi connectivity index (χ3v) is 2.46. The van der Waals surface area contributed by atoms with Gasteiger partial charge in [-0.3, -0.25) is 0 Å². The van der Waals surface area contributed by atoms with E-state index in [1.165, 1.54) is 12.1 Å². The van der Waals surface area contributed by atoms with Gasteiger partial charge in [-0.2, -0.15) is 5.26 Å². The lowest BCUT2D eigenvalue weighted by atomic mass is 10.0. The van der Waals surface area contributed by atoms with Gasteiger partial charge in [0, 0.05) is 11.8 Å². The second-order valence-electron chi connectivity index (χ2n) is 3.15. The number of pyridine rings is 1. The summed E-state index contributed by atoms with van der Waals surface area (Å²) in [5.74, 6) is -0.536. The van der Waals surface area contributed by atoms with E-state index in [0.29, 0.717) is 16.3 Å². The molecule has 0 bridgehead atoms. The molecule has 1 heterocycles. The summed E-state index contributed by atoms with van der Waals surface area (Å²) in [6.07, 6.45) is 1.57. The van der Waals surface area contributed by atoms with Crippen LogP contribution in [0.2, 0.25) is 5.15 Å². The Hall–Kier alpha value is -1.92. The predicted octanol–water partition coefficient (Wildman–Crippen LogP) is 3.41. The van der Waals surface area contributed by atoms with Gasteiger partial charge < -0.3 is 0 Å². The van der Waals surface area contributed by atoms with E-state index in [4.69, 9.17) is 16.9 Å². The first-order valence-electron chi connectivity index (χ1n) is 4.53. The highest BCUT2D eigenvalue weighted by Crippen LogP contribution is 2.26. The number of nitrogens with zero attached hydrogens (tertiary/aromatic N) is 2. The van der Waals surface area contributed by atoms with Crippen molar-refractivity contribution >= 4 is 11.6 Å². The molecule has 1 aromatic heterocycles. The molecule has 0 aliphatic rings. The largest absolute Gasteiger partial charge is 0.244 e. The second-order valence-corrected chi connectivity index (χ2v) is 3.51. The number of aromatic nitrogens is 1. The molecular formula is C12H6ClFN2. The molecule has 0 aliphatic carbocycles. The van der Waals surface area contributed by atoms with Gasteiger partial charge in [0.2, 0.25) is 0 Å². The first-order chi connectivity index (χ1) is 7.72. The molecule has 0 atom stereocenters. The number of halogens is 2. The topological polar surface area (TPSA) is 36.7 Å². The number of rotatable bonds is 1. The van der Waals surface area contributed by atoms with Crippen LogP contribution in [0.15, 0.2) is 36.5 Å². The highest BCUT2D eigenvalue weighted by atomic mass is 35.5. The van der Waals surface area contributed by atoms with Gasteiger partial charge in [0.15, 0.2) is 0 Å². The average Bonchev–Trinajstić information content (AvgIpc) is 2.31. The zero-order valence-electron chi connectivity index (χ0n) is 8.11. The lowest BCUT2D eigenvalue weighted by molar-refractivity contribution is 0.624. The standard InChI is InChI=1S/C12H6ClFN2/c13-12-10(2-1-5-16-12)8-3-4-11(14)9(6-8)7-15/h1-6H. The van der Waals surface area contributed by atoms with E-state index in [-0.39, 0.29) is 5.56 Å². The van der Waals surface area contributed by atoms with Crippen LogP contribution in [-0.2, 0) is 0 Å². The van der Waals surface area contributed by atoms with Gasteiger partial charge in [0.05, 0.1) is 5.56 Å². The summed E-state index contributed by atoms with van der Waals surface area (Å²) in [5.41, 5.74) is 1.36. The monoisotopic (exact) mass is 232 g/mol. The summed E-state index contributed by atoms with van der Waals surface area (Å²) in [6.45, 7) is 0. The molecule has 0 spiro atoms. The van der Waals surface area contributed by atoms with E-state index in [9.17, 15) is 4.39 Å². The van der Waals surface area contributed by atoms with Gasteiger partial charge in [-0.25, -0.2) is 9.37 Å². The first-order valence-corrected chi connectivity index (χ1v) is 4.90. The molecule has 16 heavy (non-hydrogen) atoms. The van der Waals surface area contributed by atoms with Crippen LogP contribution in [0, 0.1) is 17.1 Å². The molecule has 0 saturated carbocycles. The Balaban J connectivity index is 2.59. The molecule has 2 aromatic rings. The Kier molecular flexibility index (Phi) is 2.84. The second kappa shape index (κ2) is 4.30. The maximum atomic E-state index is 13.1. The fourth-order valence-corrected chi connectivity index (χ4v) is 1.61. The molecule has 0 amide bonds. The van der Waals surface area contributed by atoms with Crippen molar-refractivity contribution in [3.05, 3.63) is 53.1 Å². The fourth-order valence-electron chi connectivity index (χ4n) is 1.38. The van der Waals surface area contributed by atoms with Crippen molar-refractivity contribution in [2.75, 3.05) is 0 Å². The number of nitriles is 1. The highest BCUT2D eigenvalue weighted by Gasteiger charge is 2.07. The van der Waals surface area contributed by atoms with E-state index in [0.717, 1.165) is 0 Å². The molecule has 0 fully saturated rings. The minimum Gasteiger partial charge on any atom is -0.244 e. The third-order valence-electron chi connectivity index (χ3n) is 2.16. The van der Waals surface area contributed by atoms with Gasteiger partial charge in [-0.1, -0.05) is 17.7 Å². The van der Waals surface area contributed by atoms with Crippen LogP contribution < -0.4 is 0 Å². The Bertz CT molecular complexity index is 575. The SMILES string of the molecule is N#Cc1cc(-c2cccnc2Cl)ccc1F. The van der Waals surface area contributed by atoms with Gasteiger partial charge in [0.25, 0.3) is 0 Å². The quantitative estimate of drug-likeness (QED) is 0.707. The average molecular weight is 233 g/mol. The van der Waals surface area contributed by atoms with Crippen molar-refractivity contribution in [1.82, 2.24) is 4.98 Å². The molecule has 1 aromatic carbocycles. The zero-order chi connectivity index (χ0) is 11.5. The Labute approximate surface area is 96.9 Å². The molecule has 0 N–H and O–H groups in total. The predicted molar refractivity (Wildman–Crippen MR) is 59.4 cm³/mol. The van der Waals surface area contributed by atoms with Crippen molar-refractivity contribution in [1.29, 1.82) is 5.26 Å². The van der Waals surface area contributed by atoms with Crippen molar-refractivity contribution < 1.29 is 4.39 Å². The highest BCUT2D eigenvalue weighted by molar-refractivity contribution is 6.32. The molecule has 0 aliphatic heterocycles.